The molecule has 148 valence electrons. The predicted molar refractivity (Wildman–Crippen MR) is 130 cm³/mol. The van der Waals surface area contributed by atoms with Crippen molar-refractivity contribution >= 4 is 33.3 Å². The zero-order chi connectivity index (χ0) is 21.2. The van der Waals surface area contributed by atoms with Gasteiger partial charge in [0, 0.05) is 29.2 Å². The van der Waals surface area contributed by atoms with Crippen molar-refractivity contribution in [3.63, 3.8) is 0 Å². The van der Waals surface area contributed by atoms with Crippen LogP contribution in [0.5, 0.6) is 0 Å². The average Bonchev–Trinajstić information content (AvgIpc) is 3.16. The number of aromatic nitrogens is 1. The summed E-state index contributed by atoms with van der Waals surface area (Å²) in [5, 5.41) is 13.4. The summed E-state index contributed by atoms with van der Waals surface area (Å²) in [6.45, 7) is 2.90. The molecule has 2 nitrogen and oxygen atoms in total. The Labute approximate surface area is 182 Å². The molecule has 0 unspecified atom stereocenters. The Hall–Kier alpha value is -4.09. The highest BCUT2D eigenvalue weighted by atomic mass is 15.0. The molecule has 0 aliphatic rings. The fourth-order valence-electron chi connectivity index (χ4n) is 4.10. The van der Waals surface area contributed by atoms with Crippen LogP contribution in [-0.4, -0.2) is 4.57 Å². The maximum absolute atomic E-state index is 9.93. The Balaban J connectivity index is 1.59. The second-order valence-electron chi connectivity index (χ2n) is 7.95. The van der Waals surface area contributed by atoms with Crippen LogP contribution in [0.25, 0.3) is 33.3 Å². The van der Waals surface area contributed by atoms with Crippen molar-refractivity contribution in [3.05, 3.63) is 119 Å². The van der Waals surface area contributed by atoms with Gasteiger partial charge in [0.2, 0.25) is 0 Å². The van der Waals surface area contributed by atoms with Gasteiger partial charge in [-0.1, -0.05) is 84.4 Å². The fraction of sp³-hybridized carbons (Fsp3) is 0.0690. The van der Waals surface area contributed by atoms with Crippen LogP contribution >= 0.6 is 0 Å². The van der Waals surface area contributed by atoms with Crippen molar-refractivity contribution in [3.8, 4) is 6.07 Å². The SMILES string of the molecule is Cc1ccc(Cn2cc(C=C(C#N)c3ccc4ccccc4c3)c3ccccc32)cc1. The molecule has 0 fully saturated rings. The van der Waals surface area contributed by atoms with Crippen LogP contribution in [0.2, 0.25) is 0 Å². The molecule has 0 aliphatic carbocycles. The highest BCUT2D eigenvalue weighted by Gasteiger charge is 2.10. The minimum absolute atomic E-state index is 0.670. The first-order valence-electron chi connectivity index (χ1n) is 10.5. The topological polar surface area (TPSA) is 28.7 Å². The molecular weight excluding hydrogens is 376 g/mol. The van der Waals surface area contributed by atoms with Gasteiger partial charge in [-0.2, -0.15) is 5.26 Å². The Morgan fingerprint density at radius 2 is 1.61 bits per heavy atom. The van der Waals surface area contributed by atoms with Gasteiger partial charge in [0.1, 0.15) is 0 Å². The Morgan fingerprint density at radius 3 is 2.42 bits per heavy atom. The van der Waals surface area contributed by atoms with Crippen LogP contribution in [0, 0.1) is 18.3 Å². The van der Waals surface area contributed by atoms with E-state index >= 15 is 0 Å². The van der Waals surface area contributed by atoms with Gasteiger partial charge in [-0.25, -0.2) is 0 Å². The van der Waals surface area contributed by atoms with E-state index in [1.807, 2.05) is 24.3 Å². The molecule has 5 rings (SSSR count). The second-order valence-corrected chi connectivity index (χ2v) is 7.95. The number of allylic oxidation sites excluding steroid dienone is 1. The summed E-state index contributed by atoms with van der Waals surface area (Å²) in [6, 6.07) is 33.9. The lowest BCUT2D eigenvalue weighted by Crippen LogP contribution is -1.97. The summed E-state index contributed by atoms with van der Waals surface area (Å²) < 4.78 is 2.27. The maximum Gasteiger partial charge on any atom is 0.0998 e. The number of fused-ring (bicyclic) bond motifs is 2. The van der Waals surface area contributed by atoms with Crippen LogP contribution in [0.15, 0.2) is 97.2 Å². The molecule has 5 aromatic rings. The molecule has 0 saturated carbocycles. The van der Waals surface area contributed by atoms with Gasteiger partial charge in [0.15, 0.2) is 0 Å². The Morgan fingerprint density at radius 1 is 0.871 bits per heavy atom. The van der Waals surface area contributed by atoms with E-state index in [1.165, 1.54) is 22.0 Å². The highest BCUT2D eigenvalue weighted by Crippen LogP contribution is 2.28. The number of benzene rings is 4. The van der Waals surface area contributed by atoms with Crippen molar-refractivity contribution in [2.45, 2.75) is 13.5 Å². The van der Waals surface area contributed by atoms with Crippen molar-refractivity contribution < 1.29 is 0 Å². The summed E-state index contributed by atoms with van der Waals surface area (Å²) in [5.74, 6) is 0. The van der Waals surface area contributed by atoms with E-state index in [4.69, 9.17) is 0 Å². The first-order valence-corrected chi connectivity index (χ1v) is 10.5. The smallest absolute Gasteiger partial charge is 0.0998 e. The van der Waals surface area contributed by atoms with E-state index in [0.29, 0.717) is 5.57 Å². The van der Waals surface area contributed by atoms with Gasteiger partial charge in [-0.15, -0.1) is 0 Å². The monoisotopic (exact) mass is 398 g/mol. The number of hydrogen-bond donors (Lipinski definition) is 0. The molecule has 0 saturated heterocycles. The van der Waals surface area contributed by atoms with Crippen LogP contribution < -0.4 is 0 Å². The summed E-state index contributed by atoms with van der Waals surface area (Å²) in [6.07, 6.45) is 4.17. The number of rotatable bonds is 4. The minimum atomic E-state index is 0.670. The van der Waals surface area contributed by atoms with Crippen molar-refractivity contribution in [2.75, 3.05) is 0 Å². The van der Waals surface area contributed by atoms with E-state index < -0.39 is 0 Å². The predicted octanol–water partition coefficient (Wildman–Crippen LogP) is 7.22. The normalized spacial score (nSPS) is 11.7. The van der Waals surface area contributed by atoms with Gasteiger partial charge in [0.25, 0.3) is 0 Å². The average molecular weight is 399 g/mol. The third-order valence-electron chi connectivity index (χ3n) is 5.77. The molecule has 0 atom stereocenters. The fourth-order valence-corrected chi connectivity index (χ4v) is 4.10. The third-order valence-corrected chi connectivity index (χ3v) is 5.77. The van der Waals surface area contributed by atoms with Crippen LogP contribution in [-0.2, 0) is 6.54 Å². The molecule has 1 heterocycles. The van der Waals surface area contributed by atoms with E-state index in [-0.39, 0.29) is 0 Å². The molecule has 0 radical (unpaired) electrons. The lowest BCUT2D eigenvalue weighted by atomic mass is 10.00. The summed E-state index contributed by atoms with van der Waals surface area (Å²) in [4.78, 5) is 0. The third kappa shape index (κ3) is 3.74. The largest absolute Gasteiger partial charge is 0.342 e. The number of nitriles is 1. The molecule has 1 aromatic heterocycles. The first kappa shape index (κ1) is 18.9. The van der Waals surface area contributed by atoms with E-state index in [0.717, 1.165) is 28.4 Å². The van der Waals surface area contributed by atoms with Crippen molar-refractivity contribution in [2.24, 2.45) is 0 Å². The lowest BCUT2D eigenvalue weighted by molar-refractivity contribution is 0.836. The highest BCUT2D eigenvalue weighted by molar-refractivity contribution is 5.99. The first-order chi connectivity index (χ1) is 15.2. The maximum atomic E-state index is 9.93. The molecule has 0 bridgehead atoms. The Bertz CT molecular complexity index is 1460. The Kier molecular flexibility index (Phi) is 4.86. The van der Waals surface area contributed by atoms with Gasteiger partial charge in [-0.05, 0) is 47.0 Å². The standard InChI is InChI=1S/C29H22N2/c1-21-10-12-22(13-11-21)19-31-20-27(28-8-4-5-9-29(28)31)17-26(18-30)25-15-14-23-6-2-3-7-24(23)16-25/h2-17,20H,19H2,1H3. The van der Waals surface area contributed by atoms with E-state index in [9.17, 15) is 5.26 Å². The van der Waals surface area contributed by atoms with Crippen molar-refractivity contribution in [1.82, 2.24) is 4.57 Å². The molecule has 0 amide bonds. The number of hydrogen-bond acceptors (Lipinski definition) is 1. The number of aryl methyl sites for hydroxylation is 1. The molecule has 0 spiro atoms. The van der Waals surface area contributed by atoms with Crippen LogP contribution in [0.3, 0.4) is 0 Å². The van der Waals surface area contributed by atoms with Gasteiger partial charge >= 0.3 is 0 Å². The quantitative estimate of drug-likeness (QED) is 0.294. The molecule has 2 heteroatoms. The number of para-hydroxylation sites is 1. The van der Waals surface area contributed by atoms with Crippen LogP contribution in [0.1, 0.15) is 22.3 Å². The van der Waals surface area contributed by atoms with Gasteiger partial charge in [0.05, 0.1) is 11.6 Å². The molecule has 4 aromatic carbocycles. The molecule has 31 heavy (non-hydrogen) atoms. The number of nitrogens with zero attached hydrogens (tertiary/aromatic N) is 2. The molecular formula is C29H22N2. The van der Waals surface area contributed by atoms with Gasteiger partial charge < -0.3 is 4.57 Å². The van der Waals surface area contributed by atoms with E-state index in [2.05, 4.69) is 96.6 Å². The lowest BCUT2D eigenvalue weighted by Gasteiger charge is -2.06. The zero-order valence-electron chi connectivity index (χ0n) is 17.4. The van der Waals surface area contributed by atoms with Crippen LogP contribution in [0.4, 0.5) is 0 Å². The van der Waals surface area contributed by atoms with Crippen molar-refractivity contribution in [1.29, 1.82) is 5.26 Å². The zero-order valence-corrected chi connectivity index (χ0v) is 17.4. The second kappa shape index (κ2) is 7.97. The summed E-state index contributed by atoms with van der Waals surface area (Å²) in [5.41, 5.74) is 6.37. The minimum Gasteiger partial charge on any atom is -0.342 e. The molecule has 0 N–H and O–H groups in total. The summed E-state index contributed by atoms with van der Waals surface area (Å²) in [7, 11) is 0. The van der Waals surface area contributed by atoms with Gasteiger partial charge in [-0.3, -0.25) is 0 Å². The van der Waals surface area contributed by atoms with E-state index in [1.54, 1.807) is 0 Å². The molecule has 0 aliphatic heterocycles. The summed E-state index contributed by atoms with van der Waals surface area (Å²) >= 11 is 0.